The first kappa shape index (κ1) is 40.8. The molecule has 13 rings (SSSR count). The Morgan fingerprint density at radius 1 is 0.478 bits per heavy atom. The van der Waals surface area contributed by atoms with Crippen molar-refractivity contribution in [1.29, 1.82) is 0 Å². The number of thiophene rings is 1. The molecule has 0 amide bonds. The summed E-state index contributed by atoms with van der Waals surface area (Å²) in [4.78, 5) is 10.2. The number of anilines is 9. The smallest absolute Gasteiger partial charge is 0.264 e. The summed E-state index contributed by atoms with van der Waals surface area (Å²) in [5.41, 5.74) is 21.6. The monoisotopic (exact) mass is 901 g/mol. The van der Waals surface area contributed by atoms with E-state index < -0.39 is 0 Å². The van der Waals surface area contributed by atoms with Crippen molar-refractivity contribution in [1.82, 2.24) is 0 Å². The van der Waals surface area contributed by atoms with Gasteiger partial charge in [-0.3, -0.25) is 0 Å². The minimum Gasteiger partial charge on any atom is -0.310 e. The van der Waals surface area contributed by atoms with Crippen LogP contribution in [0.1, 0.15) is 77.6 Å². The summed E-state index contributed by atoms with van der Waals surface area (Å²) in [6, 6.07) is 65.1. The maximum Gasteiger partial charge on any atom is 0.264 e. The predicted molar refractivity (Wildman–Crippen MR) is 290 cm³/mol. The van der Waals surface area contributed by atoms with Crippen molar-refractivity contribution < 1.29 is 0 Å². The standard InChI is InChI=1S/C61H52BN3S2/c1-59(2,3)37-27-30-39(31-28-37)64-49-23-16-24-50-56(49)62(58-57(64)42-33-29-38(60(4,5)6)35-54(42)67-58)45-34-32-40-36-51(45)65(50)47-21-12-14-26-53(47)66-52-25-13-11-20-46(52)63(40)48-22-15-19-44-55(48)41-17-9-10-18-43(41)61(44,7)8/h9-36H,1-8H3. The molecule has 0 fully saturated rings. The number of hydrogen-bond acceptors (Lipinski definition) is 5. The van der Waals surface area contributed by atoms with Crippen molar-refractivity contribution in [3.8, 4) is 11.1 Å². The number of fused-ring (bicyclic) bond motifs is 13. The van der Waals surface area contributed by atoms with E-state index in [1.54, 1.807) is 0 Å². The van der Waals surface area contributed by atoms with E-state index in [1.807, 2.05) is 23.1 Å². The van der Waals surface area contributed by atoms with Gasteiger partial charge in [-0.25, -0.2) is 0 Å². The lowest BCUT2D eigenvalue weighted by Gasteiger charge is -2.44. The number of rotatable bonds is 2. The molecular weight excluding hydrogens is 850 g/mol. The van der Waals surface area contributed by atoms with Gasteiger partial charge in [-0.1, -0.05) is 164 Å². The van der Waals surface area contributed by atoms with Crippen LogP contribution in [-0.4, -0.2) is 6.71 Å². The Morgan fingerprint density at radius 3 is 1.79 bits per heavy atom. The van der Waals surface area contributed by atoms with Gasteiger partial charge in [0.15, 0.2) is 0 Å². The fourth-order valence-electron chi connectivity index (χ4n) is 11.6. The van der Waals surface area contributed by atoms with E-state index in [-0.39, 0.29) is 23.0 Å². The van der Waals surface area contributed by atoms with Crippen LogP contribution in [0.15, 0.2) is 180 Å². The van der Waals surface area contributed by atoms with Crippen molar-refractivity contribution in [3.63, 3.8) is 0 Å². The van der Waals surface area contributed by atoms with Crippen molar-refractivity contribution in [2.24, 2.45) is 0 Å². The van der Waals surface area contributed by atoms with Gasteiger partial charge in [-0.2, -0.15) is 0 Å². The van der Waals surface area contributed by atoms with E-state index in [0.717, 1.165) is 5.69 Å². The van der Waals surface area contributed by atoms with Crippen LogP contribution in [-0.2, 0) is 16.2 Å². The van der Waals surface area contributed by atoms with Gasteiger partial charge in [-0.15, -0.1) is 11.3 Å². The molecule has 3 aliphatic heterocycles. The van der Waals surface area contributed by atoms with Crippen molar-refractivity contribution in [2.45, 2.75) is 81.4 Å². The third-order valence-electron chi connectivity index (χ3n) is 14.9. The molecule has 0 atom stereocenters. The first-order valence-electron chi connectivity index (χ1n) is 23.7. The van der Waals surface area contributed by atoms with E-state index in [0.29, 0.717) is 0 Å². The van der Waals surface area contributed by atoms with Crippen molar-refractivity contribution >= 4 is 107 Å². The van der Waals surface area contributed by atoms with Crippen LogP contribution in [0.5, 0.6) is 0 Å². The molecule has 0 saturated carbocycles. The van der Waals surface area contributed by atoms with Gasteiger partial charge in [0, 0.05) is 64.1 Å². The molecule has 0 spiro atoms. The Kier molecular flexibility index (Phi) is 8.69. The molecule has 4 aliphatic rings. The van der Waals surface area contributed by atoms with Gasteiger partial charge in [0.25, 0.3) is 6.71 Å². The number of para-hydroxylation sites is 2. The largest absolute Gasteiger partial charge is 0.310 e. The zero-order chi connectivity index (χ0) is 45.7. The van der Waals surface area contributed by atoms with Crippen LogP contribution >= 0.6 is 23.1 Å². The van der Waals surface area contributed by atoms with Gasteiger partial charge in [0.1, 0.15) is 0 Å². The van der Waals surface area contributed by atoms with E-state index in [9.17, 15) is 0 Å². The molecule has 6 heteroatoms. The molecule has 0 radical (unpaired) electrons. The molecule has 0 N–H and O–H groups in total. The van der Waals surface area contributed by atoms with Crippen LogP contribution in [0.4, 0.5) is 51.2 Å². The third kappa shape index (κ3) is 5.91. The fraction of sp³-hybridized carbons (Fsp3) is 0.180. The lowest BCUT2D eigenvalue weighted by Crippen LogP contribution is -2.60. The molecule has 0 saturated heterocycles. The summed E-state index contributed by atoms with van der Waals surface area (Å²) in [7, 11) is 0. The fourth-order valence-corrected chi connectivity index (χ4v) is 14.0. The molecule has 2 bridgehead atoms. The van der Waals surface area contributed by atoms with E-state index in [2.05, 4.69) is 240 Å². The lowest BCUT2D eigenvalue weighted by atomic mass is 9.36. The second-order valence-electron chi connectivity index (χ2n) is 21.4. The maximum atomic E-state index is 2.59. The SMILES string of the molecule is CC(C)(C)c1ccc(N2c3cccc4c3B(c3ccc5cc3N4c3ccccc3Sc3ccccc3N5c3cccc4c3-c3ccccc3C4(C)C)c3sc4cc(C(C)(C)C)ccc4c32)cc1. The summed E-state index contributed by atoms with van der Waals surface area (Å²) < 4.78 is 2.73. The van der Waals surface area contributed by atoms with Crippen molar-refractivity contribution in [3.05, 3.63) is 192 Å². The number of nitrogens with zero attached hydrogens (tertiary/aromatic N) is 3. The summed E-state index contributed by atoms with van der Waals surface area (Å²) in [6.45, 7) is 18.7. The molecule has 3 nitrogen and oxygen atoms in total. The van der Waals surface area contributed by atoms with Crippen LogP contribution in [0.3, 0.4) is 0 Å². The highest BCUT2D eigenvalue weighted by Gasteiger charge is 2.46. The van der Waals surface area contributed by atoms with E-state index >= 15 is 0 Å². The second-order valence-corrected chi connectivity index (χ2v) is 23.5. The molecule has 9 aromatic rings. The van der Waals surface area contributed by atoms with Gasteiger partial charge in [-0.05, 0) is 122 Å². The van der Waals surface area contributed by atoms with E-state index in [4.69, 9.17) is 0 Å². The molecule has 1 aromatic heterocycles. The molecule has 8 aromatic carbocycles. The van der Waals surface area contributed by atoms with Crippen molar-refractivity contribution in [2.75, 3.05) is 14.7 Å². The Balaban J connectivity index is 1.11. The topological polar surface area (TPSA) is 9.72 Å². The zero-order valence-corrected chi connectivity index (χ0v) is 41.0. The third-order valence-corrected chi connectivity index (χ3v) is 17.3. The Hall–Kier alpha value is -6.47. The first-order chi connectivity index (χ1) is 32.3. The molecule has 1 aliphatic carbocycles. The highest BCUT2D eigenvalue weighted by Crippen LogP contribution is 2.57. The van der Waals surface area contributed by atoms with Crippen LogP contribution in [0.25, 0.3) is 21.2 Å². The second kappa shape index (κ2) is 14.3. The minimum absolute atomic E-state index is 0.0271. The molecule has 67 heavy (non-hydrogen) atoms. The average Bonchev–Trinajstić information content (AvgIpc) is 3.81. The highest BCUT2D eigenvalue weighted by molar-refractivity contribution is 7.99. The number of benzene rings is 8. The normalized spacial score (nSPS) is 15.1. The summed E-state index contributed by atoms with van der Waals surface area (Å²) in [5.74, 6) is 0. The predicted octanol–water partition coefficient (Wildman–Crippen LogP) is 15.8. The maximum absolute atomic E-state index is 2.59. The molecular formula is C61H52BN3S2. The van der Waals surface area contributed by atoms with Gasteiger partial charge in [0.05, 0.1) is 22.7 Å². The minimum atomic E-state index is -0.126. The highest BCUT2D eigenvalue weighted by atomic mass is 32.2. The quantitative estimate of drug-likeness (QED) is 0.160. The zero-order valence-electron chi connectivity index (χ0n) is 39.4. The lowest BCUT2D eigenvalue weighted by molar-refractivity contribution is 0.590. The molecule has 0 unspecified atom stereocenters. The van der Waals surface area contributed by atoms with Crippen LogP contribution in [0, 0.1) is 0 Å². The van der Waals surface area contributed by atoms with Crippen LogP contribution in [0.2, 0.25) is 0 Å². The summed E-state index contributed by atoms with van der Waals surface area (Å²) in [5, 5.41) is 1.31. The summed E-state index contributed by atoms with van der Waals surface area (Å²) >= 11 is 3.85. The summed E-state index contributed by atoms with van der Waals surface area (Å²) in [6.07, 6.45) is 0. The molecule has 326 valence electrons. The number of hydrogen-bond donors (Lipinski definition) is 0. The van der Waals surface area contributed by atoms with E-state index in [1.165, 1.54) is 114 Å². The Bertz CT molecular complexity index is 3530. The van der Waals surface area contributed by atoms with Crippen LogP contribution < -0.4 is 30.4 Å². The Labute approximate surface area is 403 Å². The average molecular weight is 902 g/mol. The van der Waals surface area contributed by atoms with Gasteiger partial charge >= 0.3 is 0 Å². The first-order valence-corrected chi connectivity index (χ1v) is 25.3. The molecule has 4 heterocycles. The van der Waals surface area contributed by atoms with Gasteiger partial charge < -0.3 is 14.7 Å². The van der Waals surface area contributed by atoms with Gasteiger partial charge in [0.2, 0.25) is 0 Å². The Morgan fingerprint density at radius 2 is 1.06 bits per heavy atom.